The number of aryl methyl sites for hydroxylation is 1. The largest absolute Gasteiger partial charge is 0.423 e. The highest BCUT2D eigenvalue weighted by Gasteiger charge is 2.15. The molecule has 1 aromatic heterocycles. The average Bonchev–Trinajstić information content (AvgIpc) is 2.94. The van der Waals surface area contributed by atoms with E-state index in [1.54, 1.807) is 6.92 Å². The Bertz CT molecular complexity index is 696. The molecule has 0 aliphatic carbocycles. The van der Waals surface area contributed by atoms with E-state index in [2.05, 4.69) is 15.5 Å². The highest BCUT2D eigenvalue weighted by molar-refractivity contribution is 7.91. The zero-order valence-electron chi connectivity index (χ0n) is 12.3. The molecule has 1 atom stereocenters. The van der Waals surface area contributed by atoms with Gasteiger partial charge in [-0.3, -0.25) is 0 Å². The highest BCUT2D eigenvalue weighted by atomic mass is 32.2. The molecule has 6 nitrogen and oxygen atoms in total. The number of benzene rings is 1. The fourth-order valence-corrected chi connectivity index (χ4v) is 3.10. The lowest BCUT2D eigenvalue weighted by Gasteiger charge is -2.17. The van der Waals surface area contributed by atoms with Crippen LogP contribution in [0.2, 0.25) is 0 Å². The smallest absolute Gasteiger partial charge is 0.247 e. The maximum absolute atomic E-state index is 11.7. The van der Waals surface area contributed by atoms with E-state index in [1.165, 1.54) is 6.39 Å². The summed E-state index contributed by atoms with van der Waals surface area (Å²) < 4.78 is 28.5. The van der Waals surface area contributed by atoms with Gasteiger partial charge in [-0.25, -0.2) is 8.42 Å². The first-order chi connectivity index (χ1) is 9.91. The molecule has 0 spiro atoms. The van der Waals surface area contributed by atoms with Gasteiger partial charge in [0.05, 0.1) is 5.75 Å². The van der Waals surface area contributed by atoms with Crippen molar-refractivity contribution in [1.82, 2.24) is 10.2 Å². The van der Waals surface area contributed by atoms with Crippen LogP contribution in [0.5, 0.6) is 0 Å². The van der Waals surface area contributed by atoms with Crippen LogP contribution in [0.25, 0.3) is 11.5 Å². The van der Waals surface area contributed by atoms with Crippen molar-refractivity contribution in [3.63, 3.8) is 0 Å². The zero-order valence-corrected chi connectivity index (χ0v) is 13.1. The molecule has 2 rings (SSSR count). The lowest BCUT2D eigenvalue weighted by Crippen LogP contribution is -2.27. The Morgan fingerprint density at radius 2 is 2.14 bits per heavy atom. The summed E-state index contributed by atoms with van der Waals surface area (Å²) in [6.07, 6.45) is 1.28. The first-order valence-electron chi connectivity index (χ1n) is 6.75. The Balaban J connectivity index is 2.18. The van der Waals surface area contributed by atoms with Crippen molar-refractivity contribution < 1.29 is 12.8 Å². The van der Waals surface area contributed by atoms with E-state index >= 15 is 0 Å². The van der Waals surface area contributed by atoms with Gasteiger partial charge >= 0.3 is 0 Å². The summed E-state index contributed by atoms with van der Waals surface area (Å²) in [5.74, 6) is 0.695. The number of nitrogens with one attached hydrogen (secondary N) is 1. The number of sulfone groups is 1. The Morgan fingerprint density at radius 3 is 2.76 bits per heavy atom. The van der Waals surface area contributed by atoms with Crippen molar-refractivity contribution >= 4 is 15.5 Å². The molecule has 0 bridgehead atoms. The fraction of sp³-hybridized carbons (Fsp3) is 0.429. The summed E-state index contributed by atoms with van der Waals surface area (Å²) in [6.45, 7) is 5.47. The van der Waals surface area contributed by atoms with E-state index in [9.17, 15) is 8.42 Å². The molecule has 1 aromatic carbocycles. The quantitative estimate of drug-likeness (QED) is 0.881. The van der Waals surface area contributed by atoms with E-state index < -0.39 is 9.84 Å². The van der Waals surface area contributed by atoms with Gasteiger partial charge in [0.2, 0.25) is 12.3 Å². The third-order valence-electron chi connectivity index (χ3n) is 3.19. The molecule has 114 valence electrons. The van der Waals surface area contributed by atoms with Crippen molar-refractivity contribution in [2.24, 2.45) is 0 Å². The van der Waals surface area contributed by atoms with Crippen LogP contribution in [0.3, 0.4) is 0 Å². The number of anilines is 1. The molecule has 1 heterocycles. The van der Waals surface area contributed by atoms with Crippen molar-refractivity contribution in [3.05, 3.63) is 30.2 Å². The first kappa shape index (κ1) is 15.5. The number of nitrogens with zero attached hydrogens (tertiary/aromatic N) is 2. The summed E-state index contributed by atoms with van der Waals surface area (Å²) in [6, 6.07) is 5.54. The van der Waals surface area contributed by atoms with Crippen LogP contribution in [0.4, 0.5) is 5.69 Å². The molecule has 2 aromatic rings. The van der Waals surface area contributed by atoms with E-state index in [0.29, 0.717) is 5.89 Å². The lowest BCUT2D eigenvalue weighted by atomic mass is 10.1. The van der Waals surface area contributed by atoms with Gasteiger partial charge in [-0.05, 0) is 31.5 Å². The fourth-order valence-electron chi connectivity index (χ4n) is 2.02. The van der Waals surface area contributed by atoms with E-state index in [0.717, 1.165) is 16.8 Å². The molecular formula is C14H19N3O3S. The first-order valence-corrected chi connectivity index (χ1v) is 8.57. The molecule has 0 amide bonds. The van der Waals surface area contributed by atoms with Crippen LogP contribution >= 0.6 is 0 Å². The topological polar surface area (TPSA) is 85.1 Å². The second-order valence-corrected chi connectivity index (χ2v) is 7.42. The van der Waals surface area contributed by atoms with Crippen molar-refractivity contribution in [1.29, 1.82) is 0 Å². The zero-order chi connectivity index (χ0) is 15.5. The molecule has 21 heavy (non-hydrogen) atoms. The highest BCUT2D eigenvalue weighted by Crippen LogP contribution is 2.24. The van der Waals surface area contributed by atoms with Crippen LogP contribution in [0.1, 0.15) is 19.4 Å². The van der Waals surface area contributed by atoms with Crippen molar-refractivity contribution in [2.75, 3.05) is 16.8 Å². The summed E-state index contributed by atoms with van der Waals surface area (Å²) >= 11 is 0. The van der Waals surface area contributed by atoms with Gasteiger partial charge in [0.25, 0.3) is 0 Å². The molecule has 1 N–H and O–H groups in total. The lowest BCUT2D eigenvalue weighted by molar-refractivity contribution is 0.568. The summed E-state index contributed by atoms with van der Waals surface area (Å²) in [4.78, 5) is 0. The van der Waals surface area contributed by atoms with Crippen molar-refractivity contribution in [3.8, 4) is 11.5 Å². The molecule has 7 heteroatoms. The number of aromatic nitrogens is 2. The van der Waals surface area contributed by atoms with Gasteiger partial charge in [-0.1, -0.05) is 13.0 Å². The third kappa shape index (κ3) is 4.04. The maximum Gasteiger partial charge on any atom is 0.247 e. The molecular weight excluding hydrogens is 290 g/mol. The standard InChI is InChI=1S/C14H19N3O3S/c1-4-21(18,19)8-11(3)16-13-7-12(6-5-10(13)2)14-17-15-9-20-14/h5-7,9,11,16H,4,8H2,1-3H3. The van der Waals surface area contributed by atoms with Gasteiger partial charge in [-0.2, -0.15) is 0 Å². The third-order valence-corrected chi connectivity index (χ3v) is 5.08. The molecule has 1 unspecified atom stereocenters. The molecule has 0 saturated carbocycles. The van der Waals surface area contributed by atoms with Crippen LogP contribution in [-0.4, -0.2) is 36.2 Å². The Kier molecular flexibility index (Phi) is 4.62. The minimum absolute atomic E-state index is 0.105. The van der Waals surface area contributed by atoms with Gasteiger partial charge < -0.3 is 9.73 Å². The Morgan fingerprint density at radius 1 is 1.38 bits per heavy atom. The minimum Gasteiger partial charge on any atom is -0.423 e. The summed E-state index contributed by atoms with van der Waals surface area (Å²) in [7, 11) is -3.01. The monoisotopic (exact) mass is 309 g/mol. The van der Waals surface area contributed by atoms with Gasteiger partial charge in [0.1, 0.15) is 0 Å². The molecule has 0 saturated heterocycles. The predicted molar refractivity (Wildman–Crippen MR) is 81.9 cm³/mol. The predicted octanol–water partition coefficient (Wildman–Crippen LogP) is 2.28. The van der Waals surface area contributed by atoms with Crippen LogP contribution in [0, 0.1) is 6.92 Å². The van der Waals surface area contributed by atoms with Gasteiger partial charge in [-0.15, -0.1) is 10.2 Å². The molecule has 0 aliphatic heterocycles. The number of hydrogen-bond donors (Lipinski definition) is 1. The molecule has 0 radical (unpaired) electrons. The van der Waals surface area contributed by atoms with Gasteiger partial charge in [0.15, 0.2) is 9.84 Å². The SMILES string of the molecule is CCS(=O)(=O)CC(C)Nc1cc(-c2nnco2)ccc1C. The van der Waals surface area contributed by atoms with Gasteiger partial charge in [0, 0.05) is 23.0 Å². The molecule has 0 aliphatic rings. The van der Waals surface area contributed by atoms with Crippen molar-refractivity contribution in [2.45, 2.75) is 26.8 Å². The normalized spacial score (nSPS) is 13.1. The van der Waals surface area contributed by atoms with E-state index in [-0.39, 0.29) is 17.5 Å². The molecule has 0 fully saturated rings. The van der Waals surface area contributed by atoms with Crippen LogP contribution in [-0.2, 0) is 9.84 Å². The Labute approximate surface area is 124 Å². The van der Waals surface area contributed by atoms with E-state index in [1.807, 2.05) is 32.0 Å². The summed E-state index contributed by atoms with van der Waals surface area (Å²) in [5, 5.41) is 10.8. The van der Waals surface area contributed by atoms with E-state index in [4.69, 9.17) is 4.42 Å². The van der Waals surface area contributed by atoms with Crippen LogP contribution in [0.15, 0.2) is 29.0 Å². The average molecular weight is 309 g/mol. The maximum atomic E-state index is 11.7. The minimum atomic E-state index is -3.01. The second-order valence-electron chi connectivity index (χ2n) is 5.02. The Hall–Kier alpha value is -1.89. The number of rotatable bonds is 6. The second kappa shape index (κ2) is 6.26. The van der Waals surface area contributed by atoms with Crippen LogP contribution < -0.4 is 5.32 Å². The summed E-state index contributed by atoms with van der Waals surface area (Å²) in [5.41, 5.74) is 2.69. The number of hydrogen-bond acceptors (Lipinski definition) is 6.